The molecular weight excluding hydrogens is 174 g/mol. The largest absolute Gasteiger partial charge is 0.508 e. The summed E-state index contributed by atoms with van der Waals surface area (Å²) in [5.41, 5.74) is 1.00. The van der Waals surface area contributed by atoms with Crippen LogP contribution in [0.5, 0.6) is 5.75 Å². The molecular formula is C9H14ClNO. The van der Waals surface area contributed by atoms with Crippen molar-refractivity contribution < 1.29 is 5.11 Å². The van der Waals surface area contributed by atoms with Crippen molar-refractivity contribution in [3.05, 3.63) is 29.8 Å². The fourth-order valence-corrected chi connectivity index (χ4v) is 0.982. The zero-order valence-electron chi connectivity index (χ0n) is 7.08. The lowest BCUT2D eigenvalue weighted by molar-refractivity contribution is 0.467. The number of benzene rings is 1. The average Bonchev–Trinajstić information content (AvgIpc) is 2.03. The van der Waals surface area contributed by atoms with Crippen molar-refractivity contribution in [3.63, 3.8) is 0 Å². The van der Waals surface area contributed by atoms with Gasteiger partial charge in [-0.25, -0.2) is 0 Å². The summed E-state index contributed by atoms with van der Waals surface area (Å²) in [5.74, 6) is 0.391. The number of halogens is 1. The lowest BCUT2D eigenvalue weighted by Gasteiger charge is -2.02. The quantitative estimate of drug-likeness (QED) is 0.753. The minimum atomic E-state index is 0. The number of nitrogens with one attached hydrogen (secondary N) is 1. The van der Waals surface area contributed by atoms with Gasteiger partial charge in [0.1, 0.15) is 5.75 Å². The number of phenols is 1. The van der Waals surface area contributed by atoms with E-state index in [2.05, 4.69) is 5.32 Å². The van der Waals surface area contributed by atoms with E-state index in [1.165, 1.54) is 0 Å². The third kappa shape index (κ3) is 3.11. The van der Waals surface area contributed by atoms with E-state index >= 15 is 0 Å². The lowest BCUT2D eigenvalue weighted by atomic mass is 10.1. The first kappa shape index (κ1) is 11.3. The van der Waals surface area contributed by atoms with E-state index in [0.29, 0.717) is 5.75 Å². The predicted molar refractivity (Wildman–Crippen MR) is 53.0 cm³/mol. The minimum Gasteiger partial charge on any atom is -0.508 e. The molecule has 1 aromatic carbocycles. The van der Waals surface area contributed by atoms with Gasteiger partial charge in [-0.05, 0) is 31.6 Å². The van der Waals surface area contributed by atoms with Crippen LogP contribution in [0.25, 0.3) is 0 Å². The highest BCUT2D eigenvalue weighted by atomic mass is 35.5. The van der Waals surface area contributed by atoms with E-state index in [1.807, 2.05) is 25.2 Å². The topological polar surface area (TPSA) is 32.3 Å². The van der Waals surface area contributed by atoms with Gasteiger partial charge in [-0.2, -0.15) is 0 Å². The molecule has 0 bridgehead atoms. The van der Waals surface area contributed by atoms with Gasteiger partial charge >= 0.3 is 0 Å². The van der Waals surface area contributed by atoms with Crippen molar-refractivity contribution in [2.45, 2.75) is 6.42 Å². The van der Waals surface area contributed by atoms with Gasteiger partial charge < -0.3 is 10.4 Å². The van der Waals surface area contributed by atoms with E-state index in [1.54, 1.807) is 6.07 Å². The molecule has 0 radical (unpaired) electrons. The van der Waals surface area contributed by atoms with Gasteiger partial charge in [0, 0.05) is 0 Å². The van der Waals surface area contributed by atoms with Crippen LogP contribution < -0.4 is 5.32 Å². The molecule has 2 nitrogen and oxygen atoms in total. The summed E-state index contributed by atoms with van der Waals surface area (Å²) in [7, 11) is 1.90. The number of para-hydroxylation sites is 1. The molecule has 0 fully saturated rings. The van der Waals surface area contributed by atoms with Gasteiger partial charge in [0.15, 0.2) is 0 Å². The molecule has 1 rings (SSSR count). The van der Waals surface area contributed by atoms with E-state index in [9.17, 15) is 5.11 Å². The van der Waals surface area contributed by atoms with Crippen molar-refractivity contribution in [2.24, 2.45) is 0 Å². The maximum atomic E-state index is 9.31. The summed E-state index contributed by atoms with van der Waals surface area (Å²) in [5, 5.41) is 12.3. The predicted octanol–water partition coefficient (Wildman–Crippen LogP) is 1.58. The number of rotatable bonds is 3. The molecule has 0 spiro atoms. The minimum absolute atomic E-state index is 0. The second-order valence-electron chi connectivity index (χ2n) is 2.48. The molecule has 3 heteroatoms. The molecule has 1 aromatic rings. The van der Waals surface area contributed by atoms with E-state index in [4.69, 9.17) is 0 Å². The third-order valence-electron chi connectivity index (χ3n) is 1.64. The van der Waals surface area contributed by atoms with E-state index < -0.39 is 0 Å². The van der Waals surface area contributed by atoms with Crippen LogP contribution in [0.1, 0.15) is 5.56 Å². The first-order valence-electron chi connectivity index (χ1n) is 3.76. The molecule has 0 aromatic heterocycles. The van der Waals surface area contributed by atoms with Crippen LogP contribution in [0.4, 0.5) is 0 Å². The first-order valence-corrected chi connectivity index (χ1v) is 3.76. The first-order chi connectivity index (χ1) is 5.34. The molecule has 0 saturated heterocycles. The van der Waals surface area contributed by atoms with Crippen molar-refractivity contribution in [2.75, 3.05) is 13.6 Å². The van der Waals surface area contributed by atoms with Gasteiger partial charge in [0.2, 0.25) is 0 Å². The monoisotopic (exact) mass is 187 g/mol. The molecule has 0 atom stereocenters. The summed E-state index contributed by atoms with van der Waals surface area (Å²) in [6.07, 6.45) is 0.878. The van der Waals surface area contributed by atoms with Crippen molar-refractivity contribution in [1.82, 2.24) is 5.32 Å². The summed E-state index contributed by atoms with van der Waals surface area (Å²) in [6.45, 7) is 0.900. The van der Waals surface area contributed by atoms with Crippen LogP contribution in [0, 0.1) is 0 Å². The van der Waals surface area contributed by atoms with Gasteiger partial charge in [0.05, 0.1) is 0 Å². The Morgan fingerprint density at radius 1 is 1.33 bits per heavy atom. The molecule has 68 valence electrons. The Kier molecular flexibility index (Phi) is 5.51. The zero-order chi connectivity index (χ0) is 8.10. The maximum absolute atomic E-state index is 9.31. The Morgan fingerprint density at radius 3 is 2.58 bits per heavy atom. The molecule has 2 N–H and O–H groups in total. The van der Waals surface area contributed by atoms with Crippen LogP contribution >= 0.6 is 12.4 Å². The highest BCUT2D eigenvalue weighted by Crippen LogP contribution is 2.15. The second-order valence-corrected chi connectivity index (χ2v) is 2.48. The Labute approximate surface area is 79.0 Å². The van der Waals surface area contributed by atoms with E-state index in [-0.39, 0.29) is 12.4 Å². The highest BCUT2D eigenvalue weighted by molar-refractivity contribution is 5.85. The number of hydrogen-bond donors (Lipinski definition) is 2. The molecule has 0 aliphatic carbocycles. The van der Waals surface area contributed by atoms with Gasteiger partial charge in [-0.3, -0.25) is 0 Å². The fraction of sp³-hybridized carbons (Fsp3) is 0.333. The molecule has 0 saturated carbocycles. The van der Waals surface area contributed by atoms with Crippen molar-refractivity contribution in [1.29, 1.82) is 0 Å². The normalized spacial score (nSPS) is 9.08. The summed E-state index contributed by atoms with van der Waals surface area (Å²) in [4.78, 5) is 0. The fourth-order valence-electron chi connectivity index (χ4n) is 0.982. The molecule has 0 unspecified atom stereocenters. The van der Waals surface area contributed by atoms with Gasteiger partial charge in [-0.1, -0.05) is 18.2 Å². The molecule has 12 heavy (non-hydrogen) atoms. The number of likely N-dealkylation sites (N-methyl/N-ethyl adjacent to an activating group) is 1. The summed E-state index contributed by atoms with van der Waals surface area (Å²) in [6, 6.07) is 7.42. The lowest BCUT2D eigenvalue weighted by Crippen LogP contribution is -2.10. The van der Waals surface area contributed by atoms with Crippen LogP contribution in [0.3, 0.4) is 0 Å². The van der Waals surface area contributed by atoms with Gasteiger partial charge in [-0.15, -0.1) is 12.4 Å². The number of aromatic hydroxyl groups is 1. The number of phenolic OH excluding ortho intramolecular Hbond substituents is 1. The molecule has 0 aliphatic rings. The SMILES string of the molecule is CNCCc1ccccc1O.Cl. The van der Waals surface area contributed by atoms with Crippen LogP contribution in [0.15, 0.2) is 24.3 Å². The summed E-state index contributed by atoms with van der Waals surface area (Å²) < 4.78 is 0. The maximum Gasteiger partial charge on any atom is 0.118 e. The molecule has 0 heterocycles. The average molecular weight is 188 g/mol. The van der Waals surface area contributed by atoms with Crippen LogP contribution in [-0.2, 0) is 6.42 Å². The summed E-state index contributed by atoms with van der Waals surface area (Å²) >= 11 is 0. The smallest absolute Gasteiger partial charge is 0.118 e. The van der Waals surface area contributed by atoms with Gasteiger partial charge in [0.25, 0.3) is 0 Å². The Bertz CT molecular complexity index is 228. The van der Waals surface area contributed by atoms with Crippen molar-refractivity contribution in [3.8, 4) is 5.75 Å². The van der Waals surface area contributed by atoms with Crippen molar-refractivity contribution >= 4 is 12.4 Å². The number of hydrogen-bond acceptors (Lipinski definition) is 2. The Balaban J connectivity index is 0.00000121. The molecule has 0 amide bonds. The van der Waals surface area contributed by atoms with Crippen LogP contribution in [0.2, 0.25) is 0 Å². The van der Waals surface area contributed by atoms with Crippen LogP contribution in [-0.4, -0.2) is 18.7 Å². The van der Waals surface area contributed by atoms with E-state index in [0.717, 1.165) is 18.5 Å². The zero-order valence-corrected chi connectivity index (χ0v) is 7.90. The molecule has 0 aliphatic heterocycles. The second kappa shape index (κ2) is 5.86. The third-order valence-corrected chi connectivity index (χ3v) is 1.64. The highest BCUT2D eigenvalue weighted by Gasteiger charge is 1.96. The Morgan fingerprint density at radius 2 is 2.00 bits per heavy atom. The standard InChI is InChI=1S/C9H13NO.ClH/c1-10-7-6-8-4-2-3-5-9(8)11;/h2-5,10-11H,6-7H2,1H3;1H. The Hall–Kier alpha value is -0.730.